The molecule has 0 unspecified atom stereocenters. The lowest BCUT2D eigenvalue weighted by atomic mass is 9.81. The third-order valence-electron chi connectivity index (χ3n) is 9.49. The van der Waals surface area contributed by atoms with Crippen LogP contribution in [-0.4, -0.2) is 19.9 Å². The third-order valence-corrected chi connectivity index (χ3v) is 9.49. The lowest BCUT2D eigenvalue weighted by molar-refractivity contribution is 0.660. The van der Waals surface area contributed by atoms with Crippen LogP contribution in [-0.2, 0) is 5.41 Å². The van der Waals surface area contributed by atoms with Crippen molar-refractivity contribution in [2.24, 2.45) is 0 Å². The molecule has 47 heavy (non-hydrogen) atoms. The van der Waals surface area contributed by atoms with Gasteiger partial charge in [0.1, 0.15) is 0 Å². The number of nitrogens with zero attached hydrogens (tertiary/aromatic N) is 4. The van der Waals surface area contributed by atoms with Gasteiger partial charge in [-0.05, 0) is 46.5 Å². The Morgan fingerprint density at radius 2 is 0.787 bits per heavy atom. The molecule has 1 aliphatic rings. The predicted molar refractivity (Wildman–Crippen MR) is 192 cm³/mol. The molecule has 0 bridgehead atoms. The Kier molecular flexibility index (Phi) is 6.12. The average Bonchev–Trinajstić information content (AvgIpc) is 3.36. The van der Waals surface area contributed by atoms with Gasteiger partial charge in [-0.3, -0.25) is 0 Å². The summed E-state index contributed by atoms with van der Waals surface area (Å²) in [5.74, 6) is 1.46. The zero-order valence-electron chi connectivity index (χ0n) is 26.1. The summed E-state index contributed by atoms with van der Waals surface area (Å²) < 4.78 is 0. The van der Waals surface area contributed by atoms with Crippen molar-refractivity contribution in [3.63, 3.8) is 0 Å². The number of aromatic nitrogens is 4. The average molecular weight is 603 g/mol. The highest BCUT2D eigenvalue weighted by Gasteiger charge is 2.36. The Morgan fingerprint density at radius 1 is 0.383 bits per heavy atom. The van der Waals surface area contributed by atoms with Crippen LogP contribution < -0.4 is 0 Å². The lowest BCUT2D eigenvalue weighted by Crippen LogP contribution is -2.15. The maximum Gasteiger partial charge on any atom is 0.160 e. The van der Waals surface area contributed by atoms with Gasteiger partial charge in [-0.15, -0.1) is 0 Å². The Hall–Kier alpha value is -6.00. The van der Waals surface area contributed by atoms with E-state index in [1.54, 1.807) is 0 Å². The van der Waals surface area contributed by atoms with Crippen molar-refractivity contribution in [1.29, 1.82) is 0 Å². The minimum absolute atomic E-state index is 0.241. The summed E-state index contributed by atoms with van der Waals surface area (Å²) >= 11 is 0. The Labute approximate surface area is 273 Å². The van der Waals surface area contributed by atoms with Crippen LogP contribution in [0.1, 0.15) is 25.0 Å². The first-order chi connectivity index (χ1) is 23.0. The Bertz CT molecular complexity index is 2310. The van der Waals surface area contributed by atoms with Gasteiger partial charge < -0.3 is 0 Å². The molecule has 1 aliphatic carbocycles. The monoisotopic (exact) mass is 602 g/mol. The van der Waals surface area contributed by atoms with Crippen molar-refractivity contribution in [2.45, 2.75) is 19.3 Å². The minimum atomic E-state index is -0.241. The zero-order chi connectivity index (χ0) is 31.5. The van der Waals surface area contributed by atoms with Crippen LogP contribution in [0, 0.1) is 0 Å². The van der Waals surface area contributed by atoms with E-state index in [9.17, 15) is 0 Å². The standard InChI is InChI=1S/C43H30N4/c1-43(2)35-25-29(41-44-37-19-11-9-17-33(37)39(46-41)27-13-5-3-6-14-27)21-23-31(35)32-24-22-30(26-36(32)43)42-45-38-20-12-10-18-34(38)40(47-42)28-15-7-4-8-16-28/h3-26H,1-2H3. The molecule has 0 amide bonds. The second kappa shape index (κ2) is 10.5. The molecule has 9 rings (SSSR count). The predicted octanol–water partition coefficient (Wildman–Crippen LogP) is 10.5. The second-order valence-corrected chi connectivity index (χ2v) is 12.7. The van der Waals surface area contributed by atoms with Crippen LogP contribution in [0.15, 0.2) is 146 Å². The fraction of sp³-hybridized carbons (Fsp3) is 0.0698. The fourth-order valence-electron chi connectivity index (χ4n) is 7.06. The molecular weight excluding hydrogens is 573 g/mol. The molecule has 0 saturated carbocycles. The Balaban J connectivity index is 1.15. The molecule has 8 aromatic rings. The second-order valence-electron chi connectivity index (χ2n) is 12.7. The van der Waals surface area contributed by atoms with Crippen molar-refractivity contribution in [1.82, 2.24) is 19.9 Å². The highest BCUT2D eigenvalue weighted by molar-refractivity contribution is 5.95. The smallest absolute Gasteiger partial charge is 0.160 e. The molecule has 0 atom stereocenters. The fourth-order valence-corrected chi connectivity index (χ4v) is 7.06. The van der Waals surface area contributed by atoms with E-state index >= 15 is 0 Å². The van der Waals surface area contributed by atoms with E-state index in [0.29, 0.717) is 0 Å². The van der Waals surface area contributed by atoms with E-state index in [-0.39, 0.29) is 5.41 Å². The summed E-state index contributed by atoms with van der Waals surface area (Å²) in [5.41, 5.74) is 12.7. The van der Waals surface area contributed by atoms with Gasteiger partial charge in [0.2, 0.25) is 0 Å². The van der Waals surface area contributed by atoms with Gasteiger partial charge in [-0.2, -0.15) is 0 Å². The summed E-state index contributed by atoms with van der Waals surface area (Å²) in [7, 11) is 0. The maximum atomic E-state index is 5.15. The van der Waals surface area contributed by atoms with Crippen molar-refractivity contribution in [3.05, 3.63) is 157 Å². The van der Waals surface area contributed by atoms with Crippen molar-refractivity contribution in [2.75, 3.05) is 0 Å². The number of benzene rings is 6. The van der Waals surface area contributed by atoms with Crippen LogP contribution in [0.4, 0.5) is 0 Å². The number of fused-ring (bicyclic) bond motifs is 5. The normalized spacial score (nSPS) is 13.1. The highest BCUT2D eigenvalue weighted by Crippen LogP contribution is 2.50. The van der Waals surface area contributed by atoms with E-state index < -0.39 is 0 Å². The van der Waals surface area contributed by atoms with Crippen molar-refractivity contribution < 1.29 is 0 Å². The molecule has 4 heteroatoms. The van der Waals surface area contributed by atoms with Gasteiger partial charge in [0.05, 0.1) is 22.4 Å². The number of rotatable bonds is 4. The molecule has 0 aliphatic heterocycles. The summed E-state index contributed by atoms with van der Waals surface area (Å²) in [6.45, 7) is 4.61. The third kappa shape index (κ3) is 4.44. The number of hydrogen-bond donors (Lipinski definition) is 0. The van der Waals surface area contributed by atoms with E-state index in [1.165, 1.54) is 22.3 Å². The number of hydrogen-bond acceptors (Lipinski definition) is 4. The molecule has 0 fully saturated rings. The van der Waals surface area contributed by atoms with Gasteiger partial charge in [0.25, 0.3) is 0 Å². The van der Waals surface area contributed by atoms with Crippen LogP contribution in [0.5, 0.6) is 0 Å². The summed E-state index contributed by atoms with van der Waals surface area (Å²) in [4.78, 5) is 20.4. The molecule has 6 aromatic carbocycles. The van der Waals surface area contributed by atoms with E-state index in [4.69, 9.17) is 19.9 Å². The highest BCUT2D eigenvalue weighted by atomic mass is 14.9. The van der Waals surface area contributed by atoms with Crippen molar-refractivity contribution in [3.8, 4) is 56.4 Å². The first kappa shape index (κ1) is 27.3. The molecule has 0 N–H and O–H groups in total. The molecule has 222 valence electrons. The van der Waals surface area contributed by atoms with Gasteiger partial charge in [0, 0.05) is 38.4 Å². The zero-order valence-corrected chi connectivity index (χ0v) is 26.1. The maximum absolute atomic E-state index is 5.15. The first-order valence-electron chi connectivity index (χ1n) is 16.0. The molecule has 0 spiro atoms. The Morgan fingerprint density at radius 3 is 1.23 bits per heavy atom. The van der Waals surface area contributed by atoms with E-state index in [1.807, 2.05) is 36.4 Å². The molecule has 2 aromatic heterocycles. The topological polar surface area (TPSA) is 51.6 Å². The minimum Gasteiger partial charge on any atom is -0.228 e. The van der Waals surface area contributed by atoms with Gasteiger partial charge >= 0.3 is 0 Å². The van der Waals surface area contributed by atoms with Crippen LogP contribution in [0.25, 0.3) is 78.2 Å². The van der Waals surface area contributed by atoms with Crippen LogP contribution in [0.3, 0.4) is 0 Å². The van der Waals surface area contributed by atoms with Crippen molar-refractivity contribution >= 4 is 21.8 Å². The van der Waals surface area contributed by atoms with E-state index in [2.05, 4.69) is 123 Å². The van der Waals surface area contributed by atoms with Crippen LogP contribution in [0.2, 0.25) is 0 Å². The molecule has 0 saturated heterocycles. The van der Waals surface area contributed by atoms with Crippen LogP contribution >= 0.6 is 0 Å². The van der Waals surface area contributed by atoms with Gasteiger partial charge in [-0.25, -0.2) is 19.9 Å². The van der Waals surface area contributed by atoms with Gasteiger partial charge in [0.15, 0.2) is 11.6 Å². The summed E-state index contributed by atoms with van der Waals surface area (Å²) in [5, 5.41) is 2.10. The quantitative estimate of drug-likeness (QED) is 0.201. The molecule has 0 radical (unpaired) electrons. The summed E-state index contributed by atoms with van der Waals surface area (Å²) in [6.07, 6.45) is 0. The van der Waals surface area contributed by atoms with Gasteiger partial charge in [-0.1, -0.05) is 135 Å². The molecule has 2 heterocycles. The van der Waals surface area contributed by atoms with E-state index in [0.717, 1.165) is 67.1 Å². The lowest BCUT2D eigenvalue weighted by Gasteiger charge is -2.22. The summed E-state index contributed by atoms with van der Waals surface area (Å²) in [6, 6.07) is 50.6. The first-order valence-corrected chi connectivity index (χ1v) is 16.0. The SMILES string of the molecule is CC1(C)c2cc(-c3nc(-c4ccccc4)c4ccccc4n3)ccc2-c2ccc(-c3nc(-c4ccccc4)c4ccccc4n3)cc21. The molecule has 4 nitrogen and oxygen atoms in total. The largest absolute Gasteiger partial charge is 0.228 e. The number of para-hydroxylation sites is 2. The molecular formula is C43H30N4.